The van der Waals surface area contributed by atoms with Gasteiger partial charge in [0.1, 0.15) is 0 Å². The van der Waals surface area contributed by atoms with Gasteiger partial charge in [-0.1, -0.05) is 6.92 Å². The van der Waals surface area contributed by atoms with E-state index in [1.807, 2.05) is 0 Å². The first-order valence-corrected chi connectivity index (χ1v) is 7.64. The molecule has 1 atom stereocenters. The zero-order valence-electron chi connectivity index (χ0n) is 11.9. The van der Waals surface area contributed by atoms with Crippen LogP contribution in [0.2, 0.25) is 0 Å². The molecule has 2 aliphatic heterocycles. The van der Waals surface area contributed by atoms with Crippen molar-refractivity contribution >= 4 is 5.91 Å². The Bertz CT molecular complexity index is 338. The van der Waals surface area contributed by atoms with Crippen molar-refractivity contribution in [3.63, 3.8) is 0 Å². The van der Waals surface area contributed by atoms with E-state index in [0.717, 1.165) is 65.1 Å². The minimum Gasteiger partial charge on any atom is -0.379 e. The second-order valence-electron chi connectivity index (χ2n) is 5.96. The molecule has 1 N–H and O–H groups in total. The van der Waals surface area contributed by atoms with Crippen molar-refractivity contribution in [3.05, 3.63) is 0 Å². The Labute approximate surface area is 115 Å². The van der Waals surface area contributed by atoms with E-state index in [1.54, 1.807) is 0 Å². The zero-order valence-corrected chi connectivity index (χ0v) is 11.9. The Balaban J connectivity index is 1.47. The maximum atomic E-state index is 12.4. The summed E-state index contributed by atoms with van der Waals surface area (Å²) in [5, 5.41) is 3.52. The number of rotatable bonds is 5. The van der Waals surface area contributed by atoms with E-state index >= 15 is 0 Å². The average Bonchev–Trinajstić information content (AvgIpc) is 3.17. The van der Waals surface area contributed by atoms with Gasteiger partial charge in [0, 0.05) is 26.2 Å². The van der Waals surface area contributed by atoms with Crippen LogP contribution in [0.1, 0.15) is 32.6 Å². The SMILES string of the molecule is CCC1NC2(CC2)C(=O)N1CCCN1CCOCC1. The van der Waals surface area contributed by atoms with Gasteiger partial charge in [0.15, 0.2) is 0 Å². The normalized spacial score (nSPS) is 30.3. The van der Waals surface area contributed by atoms with Crippen molar-refractivity contribution < 1.29 is 9.53 Å². The number of hydrogen-bond acceptors (Lipinski definition) is 4. The van der Waals surface area contributed by atoms with Crippen molar-refractivity contribution in [2.75, 3.05) is 39.4 Å². The van der Waals surface area contributed by atoms with Crippen LogP contribution in [0.3, 0.4) is 0 Å². The van der Waals surface area contributed by atoms with Crippen molar-refractivity contribution in [1.29, 1.82) is 0 Å². The Morgan fingerprint density at radius 2 is 2.05 bits per heavy atom. The van der Waals surface area contributed by atoms with Gasteiger partial charge in [0.05, 0.1) is 24.9 Å². The standard InChI is InChI=1S/C14H25N3O2/c1-2-12-15-14(4-5-14)13(18)17(12)7-3-6-16-8-10-19-11-9-16/h12,15H,2-11H2,1H3. The van der Waals surface area contributed by atoms with Gasteiger partial charge in [0.25, 0.3) is 0 Å². The predicted octanol–water partition coefficient (Wildman–Crippen LogP) is 0.409. The molecule has 3 fully saturated rings. The van der Waals surface area contributed by atoms with Crippen LogP contribution >= 0.6 is 0 Å². The van der Waals surface area contributed by atoms with Gasteiger partial charge in [-0.15, -0.1) is 0 Å². The highest BCUT2D eigenvalue weighted by atomic mass is 16.5. The molecule has 5 heteroatoms. The highest BCUT2D eigenvalue weighted by Crippen LogP contribution is 2.42. The van der Waals surface area contributed by atoms with Crippen LogP contribution in [-0.4, -0.2) is 66.8 Å². The highest BCUT2D eigenvalue weighted by molar-refractivity contribution is 5.91. The molecule has 2 saturated heterocycles. The molecule has 1 saturated carbocycles. The highest BCUT2D eigenvalue weighted by Gasteiger charge is 2.58. The maximum absolute atomic E-state index is 12.4. The van der Waals surface area contributed by atoms with Crippen LogP contribution in [0, 0.1) is 0 Å². The van der Waals surface area contributed by atoms with Gasteiger partial charge in [-0.25, -0.2) is 0 Å². The molecular formula is C14H25N3O2. The Morgan fingerprint density at radius 1 is 1.32 bits per heavy atom. The fourth-order valence-corrected chi connectivity index (χ4v) is 3.23. The molecule has 3 rings (SSSR count). The van der Waals surface area contributed by atoms with Crippen LogP contribution in [0.4, 0.5) is 0 Å². The number of carbonyl (C=O) groups is 1. The van der Waals surface area contributed by atoms with Crippen LogP contribution < -0.4 is 5.32 Å². The number of morpholine rings is 1. The molecule has 0 bridgehead atoms. The summed E-state index contributed by atoms with van der Waals surface area (Å²) in [5.74, 6) is 0.348. The first-order valence-electron chi connectivity index (χ1n) is 7.64. The lowest BCUT2D eigenvalue weighted by molar-refractivity contribution is -0.130. The first kappa shape index (κ1) is 13.3. The van der Waals surface area contributed by atoms with E-state index in [1.165, 1.54) is 0 Å². The van der Waals surface area contributed by atoms with E-state index in [-0.39, 0.29) is 11.7 Å². The van der Waals surface area contributed by atoms with Crippen molar-refractivity contribution in [2.45, 2.75) is 44.3 Å². The lowest BCUT2D eigenvalue weighted by Gasteiger charge is -2.28. The molecule has 0 aromatic heterocycles. The molecule has 2 heterocycles. The van der Waals surface area contributed by atoms with Crippen LogP contribution in [0.25, 0.3) is 0 Å². The predicted molar refractivity (Wildman–Crippen MR) is 72.8 cm³/mol. The third-order valence-corrected chi connectivity index (χ3v) is 4.60. The second-order valence-corrected chi connectivity index (χ2v) is 5.96. The summed E-state index contributed by atoms with van der Waals surface area (Å²) in [7, 11) is 0. The number of ether oxygens (including phenoxy) is 1. The van der Waals surface area contributed by atoms with Gasteiger partial charge in [0.2, 0.25) is 5.91 Å². The molecule has 0 radical (unpaired) electrons. The van der Waals surface area contributed by atoms with Gasteiger partial charge in [-0.05, 0) is 25.7 Å². The molecule has 5 nitrogen and oxygen atoms in total. The fourth-order valence-electron chi connectivity index (χ4n) is 3.23. The molecule has 1 amide bonds. The maximum Gasteiger partial charge on any atom is 0.244 e. The van der Waals surface area contributed by atoms with E-state index < -0.39 is 0 Å². The summed E-state index contributed by atoms with van der Waals surface area (Å²) in [6.07, 6.45) is 4.40. The second kappa shape index (κ2) is 5.38. The largest absolute Gasteiger partial charge is 0.379 e. The number of hydrogen-bond donors (Lipinski definition) is 1. The smallest absolute Gasteiger partial charge is 0.244 e. The lowest BCUT2D eigenvalue weighted by atomic mass is 10.2. The van der Waals surface area contributed by atoms with Gasteiger partial charge in [-0.2, -0.15) is 0 Å². The summed E-state index contributed by atoms with van der Waals surface area (Å²) in [5.41, 5.74) is -0.153. The topological polar surface area (TPSA) is 44.8 Å². The number of nitrogens with zero attached hydrogens (tertiary/aromatic N) is 2. The van der Waals surface area contributed by atoms with Crippen molar-refractivity contribution in [1.82, 2.24) is 15.1 Å². The molecule has 0 aromatic rings. The van der Waals surface area contributed by atoms with E-state index in [2.05, 4.69) is 22.0 Å². The molecule has 1 aliphatic carbocycles. The quantitative estimate of drug-likeness (QED) is 0.783. The average molecular weight is 267 g/mol. The van der Waals surface area contributed by atoms with Crippen LogP contribution in [-0.2, 0) is 9.53 Å². The lowest BCUT2D eigenvalue weighted by Crippen LogP contribution is -2.41. The third-order valence-electron chi connectivity index (χ3n) is 4.60. The number of amides is 1. The van der Waals surface area contributed by atoms with Crippen LogP contribution in [0.15, 0.2) is 0 Å². The monoisotopic (exact) mass is 267 g/mol. The van der Waals surface area contributed by atoms with Crippen molar-refractivity contribution in [3.8, 4) is 0 Å². The fraction of sp³-hybridized carbons (Fsp3) is 0.929. The number of carbonyl (C=O) groups excluding carboxylic acids is 1. The summed E-state index contributed by atoms with van der Waals surface area (Å²) in [6, 6.07) is 0. The number of nitrogens with one attached hydrogen (secondary N) is 1. The van der Waals surface area contributed by atoms with Gasteiger partial charge in [-0.3, -0.25) is 15.0 Å². The zero-order chi connectivity index (χ0) is 13.3. The molecule has 108 valence electrons. The molecule has 0 aromatic carbocycles. The van der Waals surface area contributed by atoms with Gasteiger partial charge < -0.3 is 9.64 Å². The summed E-state index contributed by atoms with van der Waals surface area (Å²) in [4.78, 5) is 16.9. The summed E-state index contributed by atoms with van der Waals surface area (Å²) in [6.45, 7) is 7.90. The minimum absolute atomic E-state index is 0.153. The molecule has 1 spiro atoms. The Morgan fingerprint density at radius 3 is 2.68 bits per heavy atom. The summed E-state index contributed by atoms with van der Waals surface area (Å²) >= 11 is 0. The van der Waals surface area contributed by atoms with Crippen LogP contribution in [0.5, 0.6) is 0 Å². The minimum atomic E-state index is -0.153. The Kier molecular flexibility index (Phi) is 3.78. The van der Waals surface area contributed by atoms with E-state index in [4.69, 9.17) is 4.74 Å². The molecular weight excluding hydrogens is 242 g/mol. The first-order chi connectivity index (χ1) is 9.25. The molecule has 19 heavy (non-hydrogen) atoms. The van der Waals surface area contributed by atoms with E-state index in [9.17, 15) is 4.79 Å². The summed E-state index contributed by atoms with van der Waals surface area (Å²) < 4.78 is 5.35. The third kappa shape index (κ3) is 2.64. The van der Waals surface area contributed by atoms with E-state index in [0.29, 0.717) is 5.91 Å². The molecule has 3 aliphatic rings. The van der Waals surface area contributed by atoms with Crippen molar-refractivity contribution in [2.24, 2.45) is 0 Å². The molecule has 1 unspecified atom stereocenters. The Hall–Kier alpha value is -0.650. The van der Waals surface area contributed by atoms with Gasteiger partial charge >= 0.3 is 0 Å².